The number of hydrogen-bond acceptors (Lipinski definition) is 3. The second kappa shape index (κ2) is 7.68. The van der Waals surface area contributed by atoms with Gasteiger partial charge in [0.2, 0.25) is 5.91 Å². The highest BCUT2D eigenvalue weighted by Crippen LogP contribution is 2.28. The van der Waals surface area contributed by atoms with Crippen molar-refractivity contribution in [3.63, 3.8) is 0 Å². The van der Waals surface area contributed by atoms with Gasteiger partial charge in [0, 0.05) is 5.69 Å². The van der Waals surface area contributed by atoms with Crippen molar-refractivity contribution in [3.8, 4) is 0 Å². The molecule has 1 aromatic heterocycles. The first-order valence-corrected chi connectivity index (χ1v) is 9.54. The average molecular weight is 394 g/mol. The van der Waals surface area contributed by atoms with E-state index >= 15 is 0 Å². The molecule has 1 amide bonds. The predicted octanol–water partition coefficient (Wildman–Crippen LogP) is 5.72. The maximum atomic E-state index is 12.1. The van der Waals surface area contributed by atoms with Crippen LogP contribution in [-0.4, -0.2) is 21.6 Å². The molecule has 0 radical (unpaired) electrons. The number of hydrogen-bond donors (Lipinski definition) is 2. The molecule has 2 N–H and O–H groups in total. The van der Waals surface area contributed by atoms with Gasteiger partial charge in [-0.2, -0.15) is 0 Å². The normalized spacial score (nSPS) is 11.2. The number of carbonyl (C=O) groups is 1. The van der Waals surface area contributed by atoms with Gasteiger partial charge in [0.15, 0.2) is 5.16 Å². The predicted molar refractivity (Wildman–Crippen MR) is 106 cm³/mol. The van der Waals surface area contributed by atoms with Crippen LogP contribution < -0.4 is 5.32 Å². The average Bonchev–Trinajstić information content (AvgIpc) is 2.95. The fourth-order valence-electron chi connectivity index (χ4n) is 2.33. The Morgan fingerprint density at radius 2 is 1.88 bits per heavy atom. The highest BCUT2D eigenvalue weighted by Gasteiger charge is 2.10. The molecule has 4 nitrogen and oxygen atoms in total. The van der Waals surface area contributed by atoms with E-state index in [0.29, 0.717) is 21.1 Å². The number of fused-ring (bicyclic) bond motifs is 1. The number of carbonyl (C=O) groups excluding carboxylic acids is 1. The van der Waals surface area contributed by atoms with Gasteiger partial charge in [-0.1, -0.05) is 60.9 Å². The smallest absolute Gasteiger partial charge is 0.234 e. The third-order valence-corrected chi connectivity index (χ3v) is 5.30. The molecule has 0 aliphatic heterocycles. The zero-order valence-corrected chi connectivity index (χ0v) is 16.1. The van der Waals surface area contributed by atoms with Crippen LogP contribution in [0.3, 0.4) is 0 Å². The molecule has 3 aromatic rings. The van der Waals surface area contributed by atoms with E-state index in [1.807, 2.05) is 24.3 Å². The first-order chi connectivity index (χ1) is 11.9. The number of thioether (sulfide) groups is 1. The quantitative estimate of drug-likeness (QED) is 0.544. The molecule has 7 heteroatoms. The van der Waals surface area contributed by atoms with Gasteiger partial charge in [0.05, 0.1) is 26.8 Å². The van der Waals surface area contributed by atoms with Gasteiger partial charge in [-0.25, -0.2) is 4.98 Å². The second-order valence-corrected chi connectivity index (χ2v) is 7.72. The highest BCUT2D eigenvalue weighted by molar-refractivity contribution is 7.99. The van der Waals surface area contributed by atoms with Crippen LogP contribution in [0, 0.1) is 0 Å². The van der Waals surface area contributed by atoms with E-state index in [0.717, 1.165) is 16.7 Å². The minimum absolute atomic E-state index is 0.0844. The van der Waals surface area contributed by atoms with E-state index in [4.69, 9.17) is 23.2 Å². The summed E-state index contributed by atoms with van der Waals surface area (Å²) in [7, 11) is 0. The summed E-state index contributed by atoms with van der Waals surface area (Å²) in [6, 6.07) is 11.3. The fourth-order valence-corrected chi connectivity index (χ4v) is 3.34. The van der Waals surface area contributed by atoms with Crippen LogP contribution in [0.1, 0.15) is 25.3 Å². The Bertz CT molecular complexity index is 868. The zero-order chi connectivity index (χ0) is 18.0. The number of H-pyrrole nitrogens is 1. The van der Waals surface area contributed by atoms with Gasteiger partial charge >= 0.3 is 0 Å². The van der Waals surface area contributed by atoms with Gasteiger partial charge in [-0.05, 0) is 35.7 Å². The van der Waals surface area contributed by atoms with Crippen molar-refractivity contribution in [2.45, 2.75) is 24.9 Å². The lowest BCUT2D eigenvalue weighted by Gasteiger charge is -2.08. The molecule has 1 heterocycles. The monoisotopic (exact) mass is 393 g/mol. The van der Waals surface area contributed by atoms with Crippen LogP contribution in [0.4, 0.5) is 5.69 Å². The number of benzene rings is 2. The lowest BCUT2D eigenvalue weighted by atomic mass is 10.0. The van der Waals surface area contributed by atoms with Crippen molar-refractivity contribution in [3.05, 3.63) is 52.0 Å². The van der Waals surface area contributed by atoms with Crippen molar-refractivity contribution < 1.29 is 4.79 Å². The lowest BCUT2D eigenvalue weighted by Crippen LogP contribution is -2.14. The van der Waals surface area contributed by atoms with E-state index < -0.39 is 0 Å². The third kappa shape index (κ3) is 4.48. The molecule has 2 aromatic carbocycles. The van der Waals surface area contributed by atoms with Crippen LogP contribution in [0.2, 0.25) is 10.0 Å². The molecule has 0 spiro atoms. The van der Waals surface area contributed by atoms with Crippen molar-refractivity contribution in [2.24, 2.45) is 0 Å². The minimum Gasteiger partial charge on any atom is -0.333 e. The molecule has 0 aliphatic carbocycles. The van der Waals surface area contributed by atoms with Crippen molar-refractivity contribution in [2.75, 3.05) is 11.1 Å². The number of aromatic amines is 1. The fraction of sp³-hybridized carbons (Fsp3) is 0.222. The number of anilines is 1. The Morgan fingerprint density at radius 3 is 2.56 bits per heavy atom. The molecular weight excluding hydrogens is 377 g/mol. The summed E-state index contributed by atoms with van der Waals surface area (Å²) in [5, 5.41) is 4.47. The largest absolute Gasteiger partial charge is 0.333 e. The Hall–Kier alpha value is -1.69. The zero-order valence-electron chi connectivity index (χ0n) is 13.8. The molecule has 25 heavy (non-hydrogen) atoms. The van der Waals surface area contributed by atoms with Crippen LogP contribution in [0.25, 0.3) is 11.0 Å². The summed E-state index contributed by atoms with van der Waals surface area (Å²) in [6.45, 7) is 4.27. The van der Waals surface area contributed by atoms with Crippen LogP contribution in [-0.2, 0) is 4.79 Å². The highest BCUT2D eigenvalue weighted by atomic mass is 35.5. The maximum absolute atomic E-state index is 12.1. The molecular formula is C18H17Cl2N3OS. The maximum Gasteiger partial charge on any atom is 0.234 e. The third-order valence-electron chi connectivity index (χ3n) is 3.70. The van der Waals surface area contributed by atoms with E-state index in [-0.39, 0.29) is 11.7 Å². The SMILES string of the molecule is CC(C)c1ccc(NC(=O)CSc2nc3cc(Cl)c(Cl)cc3[nH]2)cc1. The standard InChI is InChI=1S/C18H17Cl2N3OS/c1-10(2)11-3-5-12(6-4-11)21-17(24)9-25-18-22-15-7-13(19)14(20)8-16(15)23-18/h3-8,10H,9H2,1-2H3,(H,21,24)(H,22,23). The molecule has 0 unspecified atom stereocenters. The van der Waals surface area contributed by atoms with Gasteiger partial charge in [-0.15, -0.1) is 0 Å². The summed E-state index contributed by atoms with van der Waals surface area (Å²) in [6.07, 6.45) is 0. The van der Waals surface area contributed by atoms with Gasteiger partial charge < -0.3 is 10.3 Å². The second-order valence-electron chi connectivity index (χ2n) is 5.94. The molecule has 0 saturated carbocycles. The molecule has 3 rings (SSSR count). The van der Waals surface area contributed by atoms with Crippen molar-refractivity contribution in [1.29, 1.82) is 0 Å². The van der Waals surface area contributed by atoms with E-state index in [1.165, 1.54) is 17.3 Å². The van der Waals surface area contributed by atoms with Gasteiger partial charge in [0.25, 0.3) is 0 Å². The Labute approximate surface area is 160 Å². The topological polar surface area (TPSA) is 57.8 Å². The van der Waals surface area contributed by atoms with Crippen molar-refractivity contribution >= 4 is 57.6 Å². The van der Waals surface area contributed by atoms with E-state index in [2.05, 4.69) is 29.1 Å². The first-order valence-electron chi connectivity index (χ1n) is 7.80. The first kappa shape index (κ1) is 18.1. The molecule has 130 valence electrons. The summed E-state index contributed by atoms with van der Waals surface area (Å²) < 4.78 is 0. The van der Waals surface area contributed by atoms with Crippen LogP contribution >= 0.6 is 35.0 Å². The molecule has 0 bridgehead atoms. The molecule has 0 atom stereocenters. The van der Waals surface area contributed by atoms with Crippen LogP contribution in [0.5, 0.6) is 0 Å². The number of imidazole rings is 1. The van der Waals surface area contributed by atoms with Crippen molar-refractivity contribution in [1.82, 2.24) is 9.97 Å². The minimum atomic E-state index is -0.0844. The van der Waals surface area contributed by atoms with Crippen LogP contribution in [0.15, 0.2) is 41.6 Å². The number of rotatable bonds is 5. The summed E-state index contributed by atoms with van der Waals surface area (Å²) in [5.41, 5.74) is 3.55. The number of halogens is 2. The number of aromatic nitrogens is 2. The Morgan fingerprint density at radius 1 is 1.20 bits per heavy atom. The Balaban J connectivity index is 1.60. The Kier molecular flexibility index (Phi) is 5.57. The number of amides is 1. The van der Waals surface area contributed by atoms with E-state index in [9.17, 15) is 4.79 Å². The van der Waals surface area contributed by atoms with Gasteiger partial charge in [0.1, 0.15) is 0 Å². The molecule has 0 aliphatic rings. The lowest BCUT2D eigenvalue weighted by molar-refractivity contribution is -0.113. The summed E-state index contributed by atoms with van der Waals surface area (Å²) in [5.74, 6) is 0.641. The summed E-state index contributed by atoms with van der Waals surface area (Å²) in [4.78, 5) is 19.7. The van der Waals surface area contributed by atoms with Gasteiger partial charge in [-0.3, -0.25) is 4.79 Å². The summed E-state index contributed by atoms with van der Waals surface area (Å²) >= 11 is 13.3. The number of nitrogens with zero attached hydrogens (tertiary/aromatic N) is 1. The molecule has 0 saturated heterocycles. The van der Waals surface area contributed by atoms with E-state index in [1.54, 1.807) is 12.1 Å². The molecule has 0 fully saturated rings. The number of nitrogens with one attached hydrogen (secondary N) is 2.